The largest absolute Gasteiger partial charge is 0.462 e. The molecule has 4 aromatic rings. The first-order valence-corrected chi connectivity index (χ1v) is 16.9. The fourth-order valence-corrected chi connectivity index (χ4v) is 7.30. The van der Waals surface area contributed by atoms with Gasteiger partial charge in [0.05, 0.1) is 18.4 Å². The highest BCUT2D eigenvalue weighted by atomic mass is 16.6. The lowest BCUT2D eigenvalue weighted by molar-refractivity contribution is 0.0263. The molecule has 48 heavy (non-hydrogen) atoms. The van der Waals surface area contributed by atoms with Gasteiger partial charge < -0.3 is 28.9 Å². The Kier molecular flexibility index (Phi) is 9.41. The molecule has 1 unspecified atom stereocenters. The van der Waals surface area contributed by atoms with Crippen LogP contribution in [-0.2, 0) is 29.1 Å². The maximum absolute atomic E-state index is 13.2. The van der Waals surface area contributed by atoms with Crippen molar-refractivity contribution < 1.29 is 19.0 Å². The molecule has 3 atom stereocenters. The van der Waals surface area contributed by atoms with Gasteiger partial charge >= 0.3 is 12.1 Å². The number of fused-ring (bicyclic) bond motifs is 2. The van der Waals surface area contributed by atoms with Crippen molar-refractivity contribution in [2.75, 3.05) is 51.3 Å². The van der Waals surface area contributed by atoms with E-state index in [0.29, 0.717) is 51.3 Å². The zero-order valence-corrected chi connectivity index (χ0v) is 27.7. The molecule has 2 saturated heterocycles. The van der Waals surface area contributed by atoms with E-state index in [1.54, 1.807) is 4.90 Å². The van der Waals surface area contributed by atoms with Gasteiger partial charge in [0.2, 0.25) is 6.54 Å². The maximum Gasteiger partial charge on any atom is 0.410 e. The Morgan fingerprint density at radius 1 is 1.02 bits per heavy atom. The molecule has 4 heterocycles. The third-order valence-electron chi connectivity index (χ3n) is 9.95. The van der Waals surface area contributed by atoms with Gasteiger partial charge in [0, 0.05) is 37.7 Å². The van der Waals surface area contributed by atoms with Gasteiger partial charge in [0.1, 0.15) is 25.1 Å². The molecule has 7 rings (SSSR count). The van der Waals surface area contributed by atoms with Gasteiger partial charge in [-0.25, -0.2) is 11.4 Å². The summed E-state index contributed by atoms with van der Waals surface area (Å²) in [5.74, 6) is 0.759. The summed E-state index contributed by atoms with van der Waals surface area (Å²) in [6, 6.07) is 22.8. The van der Waals surface area contributed by atoms with E-state index in [-0.39, 0.29) is 25.3 Å². The lowest BCUT2D eigenvalue weighted by Crippen LogP contribution is -2.57. The molecule has 0 aliphatic carbocycles. The number of anilines is 1. The van der Waals surface area contributed by atoms with E-state index in [1.807, 2.05) is 30.3 Å². The fraction of sp³-hybridized carbons (Fsp3) is 0.421. The minimum absolute atomic E-state index is 0.162. The zero-order chi connectivity index (χ0) is 33.0. The van der Waals surface area contributed by atoms with Gasteiger partial charge in [-0.2, -0.15) is 9.97 Å². The van der Waals surface area contributed by atoms with Crippen molar-refractivity contribution in [1.82, 2.24) is 19.8 Å². The molecule has 1 amide bonds. The second kappa shape index (κ2) is 14.2. The van der Waals surface area contributed by atoms with Gasteiger partial charge in [0.15, 0.2) is 0 Å². The van der Waals surface area contributed by atoms with Crippen molar-refractivity contribution in [3.63, 3.8) is 0 Å². The number of aromatic nitrogens is 2. The Hall–Kier alpha value is -4.72. The van der Waals surface area contributed by atoms with Gasteiger partial charge in [-0.3, -0.25) is 4.90 Å². The van der Waals surface area contributed by atoms with Crippen LogP contribution in [-0.4, -0.2) is 84.3 Å². The molecular weight excluding hydrogens is 604 g/mol. The molecule has 3 aliphatic heterocycles. The minimum Gasteiger partial charge on any atom is -0.462 e. The summed E-state index contributed by atoms with van der Waals surface area (Å²) in [4.78, 5) is 33.1. The summed E-state index contributed by atoms with van der Waals surface area (Å²) in [6.45, 7) is 13.5. The number of likely N-dealkylation sites (tertiary alicyclic amines) is 1. The molecule has 248 valence electrons. The van der Waals surface area contributed by atoms with Crippen LogP contribution < -0.4 is 9.64 Å². The first-order chi connectivity index (χ1) is 23.5. The molecule has 0 saturated carbocycles. The van der Waals surface area contributed by atoms with E-state index < -0.39 is 6.09 Å². The summed E-state index contributed by atoms with van der Waals surface area (Å²) in [5.41, 5.74) is 5.16. The van der Waals surface area contributed by atoms with E-state index in [1.165, 1.54) is 16.3 Å². The Morgan fingerprint density at radius 2 is 1.85 bits per heavy atom. The van der Waals surface area contributed by atoms with Crippen LogP contribution in [0.2, 0.25) is 0 Å². The summed E-state index contributed by atoms with van der Waals surface area (Å²) in [6.07, 6.45) is 2.27. The molecule has 0 spiro atoms. The van der Waals surface area contributed by atoms with Gasteiger partial charge in [0.25, 0.3) is 0 Å². The average molecular weight is 647 g/mol. The predicted octanol–water partition coefficient (Wildman–Crippen LogP) is 5.97. The van der Waals surface area contributed by atoms with Crippen LogP contribution in [0.5, 0.6) is 6.01 Å². The lowest BCUT2D eigenvalue weighted by atomic mass is 9.92. The Labute approximate surface area is 282 Å². The first-order valence-electron chi connectivity index (χ1n) is 16.9. The van der Waals surface area contributed by atoms with Crippen molar-refractivity contribution in [2.45, 2.75) is 57.6 Å². The monoisotopic (exact) mass is 646 g/mol. The van der Waals surface area contributed by atoms with Crippen LogP contribution in [0.1, 0.15) is 46.9 Å². The van der Waals surface area contributed by atoms with Crippen molar-refractivity contribution >= 4 is 22.7 Å². The predicted molar refractivity (Wildman–Crippen MR) is 184 cm³/mol. The van der Waals surface area contributed by atoms with Crippen LogP contribution in [0.3, 0.4) is 0 Å². The third kappa shape index (κ3) is 6.66. The SMILES string of the molecule is [C-]#[N+]C[C@H]1CN(c2nc(OC[C@@H]3CCCN3C)nc3c2COC(c2cccc4cccc(C)c24)C3)CCN1C(=O)OCc1ccccc1. The fourth-order valence-electron chi connectivity index (χ4n) is 7.30. The van der Waals surface area contributed by atoms with Crippen molar-refractivity contribution in [2.24, 2.45) is 0 Å². The number of aryl methyl sites for hydroxylation is 1. The number of nitrogens with zero attached hydrogens (tertiary/aromatic N) is 6. The smallest absolute Gasteiger partial charge is 0.410 e. The van der Waals surface area contributed by atoms with E-state index >= 15 is 0 Å². The standard InChI is InChI=1S/C38H42N6O4/c1-26-10-7-13-28-14-8-16-31(35(26)28)34-20-33-32(25-46-34)36(41-37(40-33)47-24-29-15-9-17-42(29)3)43-18-19-44(30(22-43)21-39-2)38(45)48-23-27-11-5-4-6-12-27/h4-8,10-14,16,29-30,34H,9,15,17-25H2,1,3H3/t29-,30-,34?/m0/s1. The third-order valence-corrected chi connectivity index (χ3v) is 9.95. The second-order valence-corrected chi connectivity index (χ2v) is 13.0. The Morgan fingerprint density at radius 3 is 2.65 bits per heavy atom. The van der Waals surface area contributed by atoms with Crippen LogP contribution >= 0.6 is 0 Å². The molecular formula is C38H42N6O4. The first kappa shape index (κ1) is 31.9. The summed E-state index contributed by atoms with van der Waals surface area (Å²) in [5, 5.41) is 2.42. The minimum atomic E-state index is -0.405. The molecule has 10 heteroatoms. The number of hydrogen-bond donors (Lipinski definition) is 0. The number of likely N-dealkylation sites (N-methyl/N-ethyl adjacent to an activating group) is 1. The van der Waals surface area contributed by atoms with Gasteiger partial charge in [-0.1, -0.05) is 66.7 Å². The molecule has 2 fully saturated rings. The van der Waals surface area contributed by atoms with E-state index in [0.717, 1.165) is 47.6 Å². The number of benzene rings is 3. The maximum atomic E-state index is 13.2. The average Bonchev–Trinajstić information content (AvgIpc) is 3.53. The number of rotatable bonds is 8. The number of hydrogen-bond acceptors (Lipinski definition) is 8. The molecule has 0 bridgehead atoms. The molecule has 3 aromatic carbocycles. The summed E-state index contributed by atoms with van der Waals surface area (Å²) < 4.78 is 18.6. The van der Waals surface area contributed by atoms with E-state index in [9.17, 15) is 4.79 Å². The molecule has 10 nitrogen and oxygen atoms in total. The highest BCUT2D eigenvalue weighted by molar-refractivity contribution is 5.89. The quantitative estimate of drug-likeness (QED) is 0.217. The number of amides is 1. The molecule has 0 radical (unpaired) electrons. The highest BCUT2D eigenvalue weighted by Gasteiger charge is 2.37. The number of piperazine rings is 1. The Bertz CT molecular complexity index is 1810. The molecule has 3 aliphatic rings. The Balaban J connectivity index is 1.16. The second-order valence-electron chi connectivity index (χ2n) is 13.0. The number of carbonyl (C=O) groups excluding carboxylic acids is 1. The normalized spacial score (nSPS) is 21.1. The van der Waals surface area contributed by atoms with Crippen molar-refractivity contribution in [3.05, 3.63) is 106 Å². The van der Waals surface area contributed by atoms with E-state index in [4.69, 9.17) is 30.8 Å². The molecule has 1 aromatic heterocycles. The number of carbonyl (C=O) groups is 1. The van der Waals surface area contributed by atoms with Crippen molar-refractivity contribution in [3.8, 4) is 6.01 Å². The van der Waals surface area contributed by atoms with Crippen LogP contribution in [0.4, 0.5) is 10.6 Å². The highest BCUT2D eigenvalue weighted by Crippen LogP contribution is 2.38. The van der Waals surface area contributed by atoms with Crippen molar-refractivity contribution in [1.29, 1.82) is 0 Å². The van der Waals surface area contributed by atoms with Crippen LogP contribution in [0.15, 0.2) is 66.7 Å². The lowest BCUT2D eigenvalue weighted by Gasteiger charge is -2.40. The number of ether oxygens (including phenoxy) is 3. The van der Waals surface area contributed by atoms with Gasteiger partial charge in [-0.15, -0.1) is 0 Å². The summed E-state index contributed by atoms with van der Waals surface area (Å²) in [7, 11) is 2.14. The van der Waals surface area contributed by atoms with Gasteiger partial charge in [-0.05, 0) is 60.8 Å². The topological polar surface area (TPSA) is 84.6 Å². The van der Waals surface area contributed by atoms with Crippen LogP contribution in [0.25, 0.3) is 15.6 Å². The summed E-state index contributed by atoms with van der Waals surface area (Å²) >= 11 is 0. The van der Waals surface area contributed by atoms with E-state index in [2.05, 4.69) is 65.0 Å². The zero-order valence-electron chi connectivity index (χ0n) is 27.7. The molecule has 0 N–H and O–H groups in total. The van der Waals surface area contributed by atoms with Crippen LogP contribution in [0, 0.1) is 13.5 Å².